The molecule has 0 N–H and O–H groups in total. The fourth-order valence-corrected chi connectivity index (χ4v) is 0.816. The van der Waals surface area contributed by atoms with E-state index in [1.165, 1.54) is 0 Å². The van der Waals surface area contributed by atoms with Gasteiger partial charge in [0, 0.05) is 0 Å². The van der Waals surface area contributed by atoms with Gasteiger partial charge in [-0.25, -0.2) is 4.39 Å². The molecule has 0 spiro atoms. The van der Waals surface area contributed by atoms with Crippen molar-refractivity contribution in [2.45, 2.75) is 46.2 Å². The first-order valence-corrected chi connectivity index (χ1v) is 3.86. The Hall–Kier alpha value is -0.0700. The van der Waals surface area contributed by atoms with Gasteiger partial charge in [-0.2, -0.15) is 0 Å². The second kappa shape index (κ2) is 4.78. The molecule has 56 valence electrons. The van der Waals surface area contributed by atoms with Crippen LogP contribution in [-0.2, 0) is 0 Å². The third-order valence-corrected chi connectivity index (χ3v) is 1.83. The summed E-state index contributed by atoms with van der Waals surface area (Å²) in [5.74, 6) is 0.255. The van der Waals surface area contributed by atoms with Crippen molar-refractivity contribution in [3.8, 4) is 0 Å². The van der Waals surface area contributed by atoms with Crippen LogP contribution >= 0.6 is 0 Å². The topological polar surface area (TPSA) is 0 Å². The second-order valence-electron chi connectivity index (χ2n) is 2.69. The van der Waals surface area contributed by atoms with E-state index in [9.17, 15) is 4.39 Å². The number of alkyl halides is 1. The minimum Gasteiger partial charge on any atom is -0.247 e. The summed E-state index contributed by atoms with van der Waals surface area (Å²) < 4.78 is 12.8. The molecule has 2 atom stereocenters. The Balaban J connectivity index is 3.32. The number of rotatable bonds is 4. The van der Waals surface area contributed by atoms with E-state index in [-0.39, 0.29) is 5.92 Å². The lowest BCUT2D eigenvalue weighted by Gasteiger charge is -2.12. The zero-order valence-corrected chi connectivity index (χ0v) is 6.65. The highest BCUT2D eigenvalue weighted by atomic mass is 19.1. The highest BCUT2D eigenvalue weighted by Gasteiger charge is 2.11. The summed E-state index contributed by atoms with van der Waals surface area (Å²) in [4.78, 5) is 0. The smallest absolute Gasteiger partial charge is 0.103 e. The minimum atomic E-state index is -0.569. The predicted molar refractivity (Wildman–Crippen MR) is 39.3 cm³/mol. The summed E-state index contributed by atoms with van der Waals surface area (Å²) in [6, 6.07) is 0. The molecule has 0 aromatic carbocycles. The van der Waals surface area contributed by atoms with E-state index in [1.54, 1.807) is 0 Å². The van der Waals surface area contributed by atoms with Crippen molar-refractivity contribution < 1.29 is 4.39 Å². The Bertz CT molecular complexity index is 61.6. The quantitative estimate of drug-likeness (QED) is 0.551. The molecular formula is C8H17F. The lowest BCUT2D eigenvalue weighted by atomic mass is 10.00. The van der Waals surface area contributed by atoms with Crippen LogP contribution in [0.4, 0.5) is 4.39 Å². The first kappa shape index (κ1) is 8.93. The van der Waals surface area contributed by atoms with Gasteiger partial charge in [0.15, 0.2) is 0 Å². The van der Waals surface area contributed by atoms with Crippen LogP contribution in [0.15, 0.2) is 0 Å². The van der Waals surface area contributed by atoms with E-state index in [1.807, 2.05) is 20.8 Å². The van der Waals surface area contributed by atoms with Crippen molar-refractivity contribution in [3.63, 3.8) is 0 Å². The summed E-state index contributed by atoms with van der Waals surface area (Å²) in [5.41, 5.74) is 0. The standard InChI is InChI=1S/C8H17F/c1-4-6-8(9)7(3)5-2/h7-8H,4-6H2,1-3H3/t7-,8+/m0/s1. The monoisotopic (exact) mass is 132 g/mol. The molecule has 0 rings (SSSR count). The average molecular weight is 132 g/mol. The van der Waals surface area contributed by atoms with Crippen molar-refractivity contribution in [3.05, 3.63) is 0 Å². The van der Waals surface area contributed by atoms with E-state index >= 15 is 0 Å². The molecular weight excluding hydrogens is 115 g/mol. The normalized spacial score (nSPS) is 17.3. The van der Waals surface area contributed by atoms with Gasteiger partial charge in [-0.05, 0) is 12.3 Å². The van der Waals surface area contributed by atoms with Gasteiger partial charge < -0.3 is 0 Å². The van der Waals surface area contributed by atoms with E-state index in [0.29, 0.717) is 0 Å². The molecule has 0 amide bonds. The summed E-state index contributed by atoms with van der Waals surface area (Å²) in [5, 5.41) is 0. The Morgan fingerprint density at radius 2 is 1.89 bits per heavy atom. The maximum absolute atomic E-state index is 12.8. The summed E-state index contributed by atoms with van der Waals surface area (Å²) in [6.07, 6.45) is 2.08. The van der Waals surface area contributed by atoms with E-state index < -0.39 is 6.17 Å². The number of hydrogen-bond donors (Lipinski definition) is 0. The molecule has 0 nitrogen and oxygen atoms in total. The highest BCUT2D eigenvalue weighted by Crippen LogP contribution is 2.15. The molecule has 0 saturated heterocycles. The third-order valence-electron chi connectivity index (χ3n) is 1.83. The highest BCUT2D eigenvalue weighted by molar-refractivity contribution is 4.61. The Morgan fingerprint density at radius 1 is 1.33 bits per heavy atom. The van der Waals surface area contributed by atoms with Gasteiger partial charge in [0.1, 0.15) is 6.17 Å². The SMILES string of the molecule is CCC[C@@H](F)[C@@H](C)CC. The van der Waals surface area contributed by atoms with Crippen LogP contribution in [0.2, 0.25) is 0 Å². The molecule has 0 bridgehead atoms. The molecule has 0 aromatic heterocycles. The zero-order chi connectivity index (χ0) is 7.28. The maximum atomic E-state index is 12.8. The molecule has 1 heteroatoms. The van der Waals surface area contributed by atoms with Crippen LogP contribution in [0, 0.1) is 5.92 Å². The van der Waals surface area contributed by atoms with Crippen molar-refractivity contribution in [1.82, 2.24) is 0 Å². The minimum absolute atomic E-state index is 0.255. The van der Waals surface area contributed by atoms with Crippen LogP contribution in [0.1, 0.15) is 40.0 Å². The molecule has 0 aromatic rings. The van der Waals surface area contributed by atoms with E-state index in [4.69, 9.17) is 0 Å². The summed E-state index contributed by atoms with van der Waals surface area (Å²) in [6.45, 7) is 6.03. The van der Waals surface area contributed by atoms with Gasteiger partial charge in [0.25, 0.3) is 0 Å². The van der Waals surface area contributed by atoms with E-state index in [0.717, 1.165) is 19.3 Å². The molecule has 0 aliphatic heterocycles. The third kappa shape index (κ3) is 3.50. The van der Waals surface area contributed by atoms with Crippen LogP contribution in [0.5, 0.6) is 0 Å². The Labute approximate surface area is 57.5 Å². The molecule has 0 aliphatic rings. The lowest BCUT2D eigenvalue weighted by Crippen LogP contribution is -2.10. The molecule has 0 aliphatic carbocycles. The first-order valence-electron chi connectivity index (χ1n) is 3.86. The van der Waals surface area contributed by atoms with Gasteiger partial charge in [0.05, 0.1) is 0 Å². The fourth-order valence-electron chi connectivity index (χ4n) is 0.816. The summed E-state index contributed by atoms with van der Waals surface area (Å²) in [7, 11) is 0. The van der Waals surface area contributed by atoms with Gasteiger partial charge in [0.2, 0.25) is 0 Å². The second-order valence-corrected chi connectivity index (χ2v) is 2.69. The largest absolute Gasteiger partial charge is 0.247 e. The molecule has 9 heavy (non-hydrogen) atoms. The fraction of sp³-hybridized carbons (Fsp3) is 1.00. The maximum Gasteiger partial charge on any atom is 0.103 e. The van der Waals surface area contributed by atoms with Crippen molar-refractivity contribution in [2.24, 2.45) is 5.92 Å². The van der Waals surface area contributed by atoms with Crippen LogP contribution in [0.25, 0.3) is 0 Å². The van der Waals surface area contributed by atoms with E-state index in [2.05, 4.69) is 0 Å². The molecule has 0 unspecified atom stereocenters. The molecule has 0 fully saturated rings. The van der Waals surface area contributed by atoms with Gasteiger partial charge >= 0.3 is 0 Å². The van der Waals surface area contributed by atoms with Crippen LogP contribution in [-0.4, -0.2) is 6.17 Å². The van der Waals surface area contributed by atoms with Crippen LogP contribution in [0.3, 0.4) is 0 Å². The first-order chi connectivity index (χ1) is 4.22. The number of hydrogen-bond acceptors (Lipinski definition) is 0. The van der Waals surface area contributed by atoms with Crippen molar-refractivity contribution in [2.75, 3.05) is 0 Å². The zero-order valence-electron chi connectivity index (χ0n) is 6.65. The average Bonchev–Trinajstić information content (AvgIpc) is 1.87. The molecule has 0 radical (unpaired) electrons. The molecule has 0 heterocycles. The van der Waals surface area contributed by atoms with Gasteiger partial charge in [-0.15, -0.1) is 0 Å². The summed E-state index contributed by atoms with van der Waals surface area (Å²) >= 11 is 0. The van der Waals surface area contributed by atoms with Crippen molar-refractivity contribution >= 4 is 0 Å². The van der Waals surface area contributed by atoms with Crippen LogP contribution < -0.4 is 0 Å². The lowest BCUT2D eigenvalue weighted by molar-refractivity contribution is 0.221. The Morgan fingerprint density at radius 3 is 2.22 bits per heavy atom. The number of halogens is 1. The molecule has 0 saturated carbocycles. The predicted octanol–water partition coefficient (Wildman–Crippen LogP) is 3.17. The van der Waals surface area contributed by atoms with Crippen molar-refractivity contribution in [1.29, 1.82) is 0 Å². The Kier molecular flexibility index (Phi) is 4.74. The van der Waals surface area contributed by atoms with Gasteiger partial charge in [-0.1, -0.05) is 33.6 Å². The van der Waals surface area contributed by atoms with Gasteiger partial charge in [-0.3, -0.25) is 0 Å².